The fraction of sp³-hybridized carbons (Fsp3) is 0.238. The van der Waals surface area contributed by atoms with Crippen molar-refractivity contribution in [3.05, 3.63) is 64.6 Å². The molecular weight excluding hydrogens is 392 g/mol. The fourth-order valence-corrected chi connectivity index (χ4v) is 2.74. The monoisotopic (exact) mass is 412 g/mol. The lowest BCUT2D eigenvalue weighted by Crippen LogP contribution is -2.32. The van der Waals surface area contributed by atoms with Crippen LogP contribution in [-0.2, 0) is 9.53 Å². The molecule has 8 heteroatoms. The zero-order valence-electron chi connectivity index (χ0n) is 16.3. The minimum absolute atomic E-state index is 0.328. The Morgan fingerprint density at radius 2 is 1.90 bits per heavy atom. The number of pyridine rings is 1. The van der Waals surface area contributed by atoms with E-state index in [1.165, 1.54) is 6.20 Å². The van der Waals surface area contributed by atoms with Crippen LogP contribution in [0.4, 0.5) is 5.82 Å². The van der Waals surface area contributed by atoms with Gasteiger partial charge in [-0.25, -0.2) is 14.8 Å². The molecule has 1 atom stereocenters. The highest BCUT2D eigenvalue weighted by Gasteiger charge is 2.22. The number of ether oxygens (including phenoxy) is 1. The average molecular weight is 413 g/mol. The molecule has 0 aliphatic carbocycles. The summed E-state index contributed by atoms with van der Waals surface area (Å²) in [7, 11) is 0. The number of nitrogens with one attached hydrogen (secondary N) is 2. The fourth-order valence-electron chi connectivity index (χ4n) is 2.62. The largest absolute Gasteiger partial charge is 0.449 e. The molecule has 2 N–H and O–H groups in total. The van der Waals surface area contributed by atoms with Crippen LogP contribution in [0, 0.1) is 13.8 Å². The number of carbonyl (C=O) groups is 2. The maximum absolute atomic E-state index is 12.5. The molecule has 0 radical (unpaired) electrons. The smallest absolute Gasteiger partial charge is 0.338 e. The van der Waals surface area contributed by atoms with Crippen molar-refractivity contribution in [1.82, 2.24) is 15.0 Å². The van der Waals surface area contributed by atoms with Gasteiger partial charge in [0.1, 0.15) is 11.6 Å². The van der Waals surface area contributed by atoms with Crippen LogP contribution in [0.25, 0.3) is 11.4 Å². The molecule has 7 nitrogen and oxygen atoms in total. The lowest BCUT2D eigenvalue weighted by molar-refractivity contribution is -0.124. The topological polar surface area (TPSA) is 97.0 Å². The Bertz CT molecular complexity index is 994. The zero-order valence-corrected chi connectivity index (χ0v) is 17.1. The second kappa shape index (κ2) is 8.87. The van der Waals surface area contributed by atoms with E-state index in [0.717, 1.165) is 22.8 Å². The molecule has 2 aromatic heterocycles. The number of hydrogen-bond donors (Lipinski definition) is 2. The number of carbonyl (C=O) groups excluding carboxylic acids is 2. The first-order chi connectivity index (χ1) is 13.9. The third kappa shape index (κ3) is 5.00. The molecule has 150 valence electrons. The van der Waals surface area contributed by atoms with Crippen molar-refractivity contribution in [3.8, 4) is 11.4 Å². The summed E-state index contributed by atoms with van der Waals surface area (Å²) < 4.78 is 5.38. The summed E-state index contributed by atoms with van der Waals surface area (Å²) in [5.74, 6) is 0.0479. The van der Waals surface area contributed by atoms with E-state index in [2.05, 4.69) is 20.3 Å². The van der Waals surface area contributed by atoms with Crippen LogP contribution in [0.2, 0.25) is 5.02 Å². The number of aromatic amines is 1. The molecule has 0 aliphatic rings. The molecule has 29 heavy (non-hydrogen) atoms. The average Bonchev–Trinajstić information content (AvgIpc) is 3.06. The van der Waals surface area contributed by atoms with Crippen LogP contribution in [0.3, 0.4) is 0 Å². The van der Waals surface area contributed by atoms with Gasteiger partial charge in [0.15, 0.2) is 6.10 Å². The molecule has 0 aliphatic heterocycles. The van der Waals surface area contributed by atoms with Crippen LogP contribution in [0.1, 0.15) is 35.1 Å². The Labute approximate surface area is 173 Å². The Hall–Kier alpha value is -3.19. The van der Waals surface area contributed by atoms with E-state index in [0.29, 0.717) is 22.8 Å². The van der Waals surface area contributed by atoms with Gasteiger partial charge in [0.05, 0.1) is 16.3 Å². The highest BCUT2D eigenvalue weighted by atomic mass is 35.5. The minimum Gasteiger partial charge on any atom is -0.449 e. The van der Waals surface area contributed by atoms with E-state index >= 15 is 0 Å². The van der Waals surface area contributed by atoms with E-state index < -0.39 is 18.0 Å². The Morgan fingerprint density at radius 3 is 2.45 bits per heavy atom. The minimum atomic E-state index is -0.935. The van der Waals surface area contributed by atoms with E-state index in [-0.39, 0.29) is 0 Å². The van der Waals surface area contributed by atoms with Gasteiger partial charge in [-0.1, -0.05) is 30.7 Å². The predicted octanol–water partition coefficient (Wildman–Crippen LogP) is 4.32. The van der Waals surface area contributed by atoms with Crippen molar-refractivity contribution in [3.63, 3.8) is 0 Å². The molecule has 3 rings (SSSR count). The maximum atomic E-state index is 12.5. The van der Waals surface area contributed by atoms with Crippen molar-refractivity contribution < 1.29 is 14.3 Å². The van der Waals surface area contributed by atoms with Crippen molar-refractivity contribution >= 4 is 29.3 Å². The van der Waals surface area contributed by atoms with Gasteiger partial charge in [-0.2, -0.15) is 0 Å². The summed E-state index contributed by atoms with van der Waals surface area (Å²) in [5, 5.41) is 3.08. The molecule has 0 saturated carbocycles. The first kappa shape index (κ1) is 20.5. The molecule has 1 aromatic carbocycles. The number of esters is 1. The van der Waals surface area contributed by atoms with E-state index in [1.54, 1.807) is 43.3 Å². The number of hydrogen-bond acceptors (Lipinski definition) is 5. The second-order valence-electron chi connectivity index (χ2n) is 6.53. The SMILES string of the molecule is CCC(OC(=O)c1ccc(-c2nc(C)c(C)[nH]2)cc1)C(=O)Nc1ccc(Cl)cn1. The normalized spacial score (nSPS) is 11.7. The molecular formula is C21H21ClN4O3. The van der Waals surface area contributed by atoms with Crippen LogP contribution in [0.15, 0.2) is 42.6 Å². The van der Waals surface area contributed by atoms with Crippen molar-refractivity contribution in [2.75, 3.05) is 5.32 Å². The Morgan fingerprint density at radius 1 is 1.17 bits per heavy atom. The number of benzene rings is 1. The molecule has 1 unspecified atom stereocenters. The number of rotatable bonds is 6. The molecule has 2 heterocycles. The van der Waals surface area contributed by atoms with E-state index in [1.807, 2.05) is 13.8 Å². The van der Waals surface area contributed by atoms with Crippen LogP contribution < -0.4 is 5.32 Å². The van der Waals surface area contributed by atoms with Crippen molar-refractivity contribution in [2.24, 2.45) is 0 Å². The Kier molecular flexibility index (Phi) is 6.29. The standard InChI is InChI=1S/C21H21ClN4O3/c1-4-17(20(27)26-18-10-9-16(22)11-23-18)29-21(28)15-7-5-14(6-8-15)19-24-12(2)13(3)25-19/h5-11,17H,4H2,1-3H3,(H,24,25)(H,23,26,27). The number of imidazole rings is 1. The number of amides is 1. The first-order valence-electron chi connectivity index (χ1n) is 9.14. The Balaban J connectivity index is 1.65. The van der Waals surface area contributed by atoms with Gasteiger partial charge in [-0.3, -0.25) is 4.79 Å². The second-order valence-corrected chi connectivity index (χ2v) is 6.96. The molecule has 0 fully saturated rings. The van der Waals surface area contributed by atoms with Gasteiger partial charge in [0.2, 0.25) is 0 Å². The number of halogens is 1. The van der Waals surface area contributed by atoms with Crippen molar-refractivity contribution in [2.45, 2.75) is 33.3 Å². The zero-order chi connectivity index (χ0) is 21.0. The van der Waals surface area contributed by atoms with Gasteiger partial charge < -0.3 is 15.0 Å². The predicted molar refractivity (Wildman–Crippen MR) is 111 cm³/mol. The first-order valence-corrected chi connectivity index (χ1v) is 9.52. The van der Waals surface area contributed by atoms with Crippen molar-refractivity contribution in [1.29, 1.82) is 0 Å². The molecule has 3 aromatic rings. The van der Waals surface area contributed by atoms with Gasteiger partial charge in [-0.15, -0.1) is 0 Å². The van der Waals surface area contributed by atoms with Gasteiger partial charge in [-0.05, 0) is 44.5 Å². The summed E-state index contributed by atoms with van der Waals surface area (Å²) in [6.07, 6.45) is 0.817. The third-order valence-corrected chi connectivity index (χ3v) is 4.64. The number of aryl methyl sites for hydroxylation is 2. The van der Waals surface area contributed by atoms with Crippen LogP contribution >= 0.6 is 11.6 Å². The van der Waals surface area contributed by atoms with Gasteiger partial charge >= 0.3 is 5.97 Å². The van der Waals surface area contributed by atoms with E-state index in [4.69, 9.17) is 16.3 Å². The van der Waals surface area contributed by atoms with Gasteiger partial charge in [0.25, 0.3) is 5.91 Å². The summed E-state index contributed by atoms with van der Waals surface area (Å²) in [4.78, 5) is 36.5. The van der Waals surface area contributed by atoms with Crippen LogP contribution in [-0.4, -0.2) is 32.9 Å². The van der Waals surface area contributed by atoms with Gasteiger partial charge in [0, 0.05) is 17.5 Å². The lowest BCUT2D eigenvalue weighted by Gasteiger charge is -2.16. The molecule has 1 amide bonds. The number of aromatic nitrogens is 3. The number of anilines is 1. The molecule has 0 saturated heterocycles. The summed E-state index contributed by atoms with van der Waals surface area (Å²) in [6.45, 7) is 5.64. The summed E-state index contributed by atoms with van der Waals surface area (Å²) in [6, 6.07) is 10.1. The molecule has 0 bridgehead atoms. The van der Waals surface area contributed by atoms with Crippen LogP contribution in [0.5, 0.6) is 0 Å². The highest BCUT2D eigenvalue weighted by Crippen LogP contribution is 2.19. The maximum Gasteiger partial charge on any atom is 0.338 e. The molecule has 0 spiro atoms. The summed E-state index contributed by atoms with van der Waals surface area (Å²) in [5.41, 5.74) is 3.13. The quantitative estimate of drug-likeness (QED) is 0.588. The summed E-state index contributed by atoms with van der Waals surface area (Å²) >= 11 is 5.78. The third-order valence-electron chi connectivity index (χ3n) is 4.41. The lowest BCUT2D eigenvalue weighted by atomic mass is 10.1. The highest BCUT2D eigenvalue weighted by molar-refractivity contribution is 6.30. The number of nitrogens with zero attached hydrogens (tertiary/aromatic N) is 2. The van der Waals surface area contributed by atoms with E-state index in [9.17, 15) is 9.59 Å². The number of H-pyrrole nitrogens is 1.